The molecule has 0 radical (unpaired) electrons. The van der Waals surface area contributed by atoms with Gasteiger partial charge < -0.3 is 11.1 Å². The molecule has 0 aliphatic carbocycles. The van der Waals surface area contributed by atoms with Crippen molar-refractivity contribution >= 4 is 17.5 Å². The summed E-state index contributed by atoms with van der Waals surface area (Å²) in [4.78, 5) is 15.1. The van der Waals surface area contributed by atoms with Crippen LogP contribution in [0.3, 0.4) is 0 Å². The Morgan fingerprint density at radius 1 is 1.69 bits per heavy atom. The Hall–Kier alpha value is -1.13. The van der Waals surface area contributed by atoms with Crippen LogP contribution >= 0.6 is 11.6 Å². The number of carbonyl (C=O) groups is 1. The van der Waals surface area contributed by atoms with Crippen molar-refractivity contribution in [1.82, 2.24) is 10.3 Å². The molecule has 70 valence electrons. The number of pyridine rings is 1. The van der Waals surface area contributed by atoms with E-state index in [0.717, 1.165) is 0 Å². The maximum absolute atomic E-state index is 11.3. The molecule has 4 nitrogen and oxygen atoms in total. The van der Waals surface area contributed by atoms with Gasteiger partial charge in [0.15, 0.2) is 0 Å². The van der Waals surface area contributed by atoms with E-state index in [-0.39, 0.29) is 11.1 Å². The number of hydrogen-bond donors (Lipinski definition) is 2. The molecule has 1 rings (SSSR count). The molecule has 0 saturated heterocycles. The van der Waals surface area contributed by atoms with Gasteiger partial charge >= 0.3 is 0 Å². The summed E-state index contributed by atoms with van der Waals surface area (Å²) in [6, 6.07) is 3.27. The quantitative estimate of drug-likeness (QED) is 0.694. The SMILES string of the molecule is NCCNC(=O)c1cccnc1Cl. The molecule has 0 unspecified atom stereocenters. The molecule has 3 N–H and O–H groups in total. The van der Waals surface area contributed by atoms with Gasteiger partial charge in [0, 0.05) is 19.3 Å². The molecular weight excluding hydrogens is 190 g/mol. The zero-order valence-electron chi connectivity index (χ0n) is 6.96. The van der Waals surface area contributed by atoms with E-state index in [9.17, 15) is 4.79 Å². The van der Waals surface area contributed by atoms with Crippen molar-refractivity contribution in [2.24, 2.45) is 5.73 Å². The molecule has 0 aromatic carbocycles. The topological polar surface area (TPSA) is 68.0 Å². The van der Waals surface area contributed by atoms with Crippen LogP contribution in [0.4, 0.5) is 0 Å². The molecule has 1 aromatic heterocycles. The lowest BCUT2D eigenvalue weighted by atomic mass is 10.3. The van der Waals surface area contributed by atoms with Crippen LogP contribution in [-0.2, 0) is 0 Å². The minimum absolute atomic E-state index is 0.206. The van der Waals surface area contributed by atoms with Gasteiger partial charge in [-0.15, -0.1) is 0 Å². The molecule has 0 saturated carbocycles. The van der Waals surface area contributed by atoms with E-state index in [1.165, 1.54) is 6.20 Å². The maximum Gasteiger partial charge on any atom is 0.254 e. The van der Waals surface area contributed by atoms with E-state index < -0.39 is 0 Å². The molecule has 0 fully saturated rings. The highest BCUT2D eigenvalue weighted by atomic mass is 35.5. The van der Waals surface area contributed by atoms with Crippen molar-refractivity contribution in [2.75, 3.05) is 13.1 Å². The smallest absolute Gasteiger partial charge is 0.254 e. The van der Waals surface area contributed by atoms with Crippen molar-refractivity contribution in [3.63, 3.8) is 0 Å². The molecule has 0 aliphatic heterocycles. The van der Waals surface area contributed by atoms with E-state index in [0.29, 0.717) is 18.7 Å². The van der Waals surface area contributed by atoms with Crippen molar-refractivity contribution in [3.05, 3.63) is 29.0 Å². The number of aromatic nitrogens is 1. The number of nitrogens with two attached hydrogens (primary N) is 1. The fourth-order valence-electron chi connectivity index (χ4n) is 0.836. The lowest BCUT2D eigenvalue weighted by Gasteiger charge is -2.03. The Balaban J connectivity index is 2.71. The molecule has 0 atom stereocenters. The zero-order chi connectivity index (χ0) is 9.68. The molecule has 1 heterocycles. The Morgan fingerprint density at radius 2 is 2.46 bits per heavy atom. The van der Waals surface area contributed by atoms with E-state index in [1.54, 1.807) is 12.1 Å². The van der Waals surface area contributed by atoms with Crippen molar-refractivity contribution in [1.29, 1.82) is 0 Å². The minimum atomic E-state index is -0.247. The summed E-state index contributed by atoms with van der Waals surface area (Å²) in [5.74, 6) is -0.247. The van der Waals surface area contributed by atoms with E-state index in [2.05, 4.69) is 10.3 Å². The van der Waals surface area contributed by atoms with Crippen LogP contribution in [-0.4, -0.2) is 24.0 Å². The van der Waals surface area contributed by atoms with Gasteiger partial charge in [-0.25, -0.2) is 4.98 Å². The molecule has 0 aliphatic rings. The van der Waals surface area contributed by atoms with Crippen LogP contribution in [0, 0.1) is 0 Å². The second-order valence-electron chi connectivity index (χ2n) is 2.39. The second-order valence-corrected chi connectivity index (χ2v) is 2.74. The van der Waals surface area contributed by atoms with Gasteiger partial charge in [0.25, 0.3) is 5.91 Å². The first-order chi connectivity index (χ1) is 6.25. The largest absolute Gasteiger partial charge is 0.351 e. The van der Waals surface area contributed by atoms with Gasteiger partial charge in [-0.3, -0.25) is 4.79 Å². The highest BCUT2D eigenvalue weighted by molar-refractivity contribution is 6.32. The zero-order valence-corrected chi connectivity index (χ0v) is 7.71. The number of carbonyl (C=O) groups excluding carboxylic acids is 1. The first-order valence-corrected chi connectivity index (χ1v) is 4.22. The minimum Gasteiger partial charge on any atom is -0.351 e. The standard InChI is InChI=1S/C8H10ClN3O/c9-7-6(2-1-4-11-7)8(13)12-5-3-10/h1-2,4H,3,5,10H2,(H,12,13). The summed E-state index contributed by atoms with van der Waals surface area (Å²) in [7, 11) is 0. The summed E-state index contributed by atoms with van der Waals surface area (Å²) >= 11 is 5.69. The van der Waals surface area contributed by atoms with E-state index in [1.807, 2.05) is 0 Å². The van der Waals surface area contributed by atoms with Crippen molar-refractivity contribution in [2.45, 2.75) is 0 Å². The van der Waals surface area contributed by atoms with Gasteiger partial charge in [0.1, 0.15) is 5.15 Å². The number of nitrogens with zero attached hydrogens (tertiary/aromatic N) is 1. The first kappa shape index (κ1) is 9.95. The maximum atomic E-state index is 11.3. The van der Waals surface area contributed by atoms with E-state index in [4.69, 9.17) is 17.3 Å². The molecule has 5 heteroatoms. The average molecular weight is 200 g/mol. The number of nitrogens with one attached hydrogen (secondary N) is 1. The van der Waals surface area contributed by atoms with Crippen LogP contribution in [0.5, 0.6) is 0 Å². The normalized spacial score (nSPS) is 9.69. The van der Waals surface area contributed by atoms with E-state index >= 15 is 0 Å². The molecule has 1 aromatic rings. The Kier molecular flexibility index (Phi) is 3.67. The Bertz CT molecular complexity index is 303. The predicted molar refractivity (Wildman–Crippen MR) is 50.6 cm³/mol. The average Bonchev–Trinajstić information content (AvgIpc) is 2.15. The third kappa shape index (κ3) is 2.68. The third-order valence-electron chi connectivity index (χ3n) is 1.43. The van der Waals surface area contributed by atoms with Gasteiger partial charge in [0.05, 0.1) is 5.56 Å². The van der Waals surface area contributed by atoms with Crippen LogP contribution in [0.2, 0.25) is 5.15 Å². The first-order valence-electron chi connectivity index (χ1n) is 3.84. The fraction of sp³-hybridized carbons (Fsp3) is 0.250. The molecule has 1 amide bonds. The van der Waals surface area contributed by atoms with Gasteiger partial charge in [-0.05, 0) is 12.1 Å². The van der Waals surface area contributed by atoms with Gasteiger partial charge in [0.2, 0.25) is 0 Å². The summed E-state index contributed by atoms with van der Waals surface area (Å²) < 4.78 is 0. The van der Waals surface area contributed by atoms with Crippen LogP contribution in [0.15, 0.2) is 18.3 Å². The molecule has 0 bridgehead atoms. The predicted octanol–water partition coefficient (Wildman–Crippen LogP) is 0.423. The highest BCUT2D eigenvalue weighted by Gasteiger charge is 2.08. The van der Waals surface area contributed by atoms with Crippen molar-refractivity contribution in [3.8, 4) is 0 Å². The number of hydrogen-bond acceptors (Lipinski definition) is 3. The summed E-state index contributed by atoms with van der Waals surface area (Å²) in [6.45, 7) is 0.841. The van der Waals surface area contributed by atoms with Crippen LogP contribution in [0.25, 0.3) is 0 Å². The molecular formula is C8H10ClN3O. The van der Waals surface area contributed by atoms with Gasteiger partial charge in [-0.1, -0.05) is 11.6 Å². The second kappa shape index (κ2) is 4.79. The molecule has 13 heavy (non-hydrogen) atoms. The summed E-state index contributed by atoms with van der Waals surface area (Å²) in [5, 5.41) is 2.81. The fourth-order valence-corrected chi connectivity index (χ4v) is 1.04. The van der Waals surface area contributed by atoms with Crippen LogP contribution < -0.4 is 11.1 Å². The Labute approximate surface area is 81.1 Å². The van der Waals surface area contributed by atoms with Gasteiger partial charge in [-0.2, -0.15) is 0 Å². The van der Waals surface area contributed by atoms with Crippen LogP contribution in [0.1, 0.15) is 10.4 Å². The number of halogens is 1. The lowest BCUT2D eigenvalue weighted by molar-refractivity contribution is 0.0954. The monoisotopic (exact) mass is 199 g/mol. The molecule has 0 spiro atoms. The third-order valence-corrected chi connectivity index (χ3v) is 1.73. The van der Waals surface area contributed by atoms with Crippen molar-refractivity contribution < 1.29 is 4.79 Å². The highest BCUT2D eigenvalue weighted by Crippen LogP contribution is 2.10. The Morgan fingerprint density at radius 3 is 3.08 bits per heavy atom. The number of rotatable bonds is 3. The lowest BCUT2D eigenvalue weighted by Crippen LogP contribution is -2.29. The summed E-state index contributed by atoms with van der Waals surface area (Å²) in [6.07, 6.45) is 1.53. The number of amides is 1. The summed E-state index contributed by atoms with van der Waals surface area (Å²) in [5.41, 5.74) is 5.60.